The molecule has 1 aromatic rings. The summed E-state index contributed by atoms with van der Waals surface area (Å²) in [4.78, 5) is 10.5. The van der Waals surface area contributed by atoms with Gasteiger partial charge in [0.25, 0.3) is 0 Å². The number of hydrogen-bond acceptors (Lipinski definition) is 3. The van der Waals surface area contributed by atoms with E-state index in [-0.39, 0.29) is 11.2 Å². The van der Waals surface area contributed by atoms with Crippen LogP contribution in [0.4, 0.5) is 5.95 Å². The van der Waals surface area contributed by atoms with Crippen LogP contribution in [0.2, 0.25) is 5.28 Å². The maximum Gasteiger partial charge on any atom is 0.231 e. The zero-order valence-electron chi connectivity index (χ0n) is 6.13. The Bertz CT molecular complexity index is 282. The van der Waals surface area contributed by atoms with Gasteiger partial charge in [0.05, 0.1) is 0 Å². The average Bonchev–Trinajstić information content (AvgIpc) is 2.18. The van der Waals surface area contributed by atoms with Crippen LogP contribution in [0.25, 0.3) is 0 Å². The highest BCUT2D eigenvalue weighted by molar-refractivity contribution is 6.28. The fourth-order valence-electron chi connectivity index (χ4n) is 0.576. The smallest absolute Gasteiger partial charge is 0.231 e. The van der Waals surface area contributed by atoms with E-state index < -0.39 is 0 Å². The molecule has 0 aliphatic carbocycles. The van der Waals surface area contributed by atoms with Crippen LogP contribution in [0.5, 0.6) is 0 Å². The van der Waals surface area contributed by atoms with Crippen LogP contribution in [-0.4, -0.2) is 20.7 Å². The highest BCUT2D eigenvalue weighted by Crippen LogP contribution is 2.08. The Labute approximate surface area is 68.4 Å². The van der Waals surface area contributed by atoms with E-state index >= 15 is 0 Å². The SMILES string of the molecule is CC(=O)Nc1nnc(Cl)n1C. The predicted octanol–water partition coefficient (Wildman–Crippen LogP) is 0.427. The summed E-state index contributed by atoms with van der Waals surface area (Å²) in [6, 6.07) is 0. The van der Waals surface area contributed by atoms with E-state index in [4.69, 9.17) is 11.6 Å². The van der Waals surface area contributed by atoms with E-state index in [0.717, 1.165) is 0 Å². The third kappa shape index (κ3) is 1.68. The number of anilines is 1. The maximum absolute atomic E-state index is 10.5. The van der Waals surface area contributed by atoms with Gasteiger partial charge in [-0.05, 0) is 11.6 Å². The largest absolute Gasteiger partial charge is 0.295 e. The van der Waals surface area contributed by atoms with Crippen molar-refractivity contribution in [3.8, 4) is 0 Å². The fraction of sp³-hybridized carbons (Fsp3) is 0.400. The van der Waals surface area contributed by atoms with Crippen LogP contribution in [0, 0.1) is 0 Å². The molecule has 6 heteroatoms. The van der Waals surface area contributed by atoms with Crippen molar-refractivity contribution in [2.24, 2.45) is 7.05 Å². The Morgan fingerprint density at radius 3 is 2.64 bits per heavy atom. The van der Waals surface area contributed by atoms with Gasteiger partial charge in [0.2, 0.25) is 17.1 Å². The van der Waals surface area contributed by atoms with Crippen LogP contribution in [0.15, 0.2) is 0 Å². The summed E-state index contributed by atoms with van der Waals surface area (Å²) in [6.45, 7) is 1.39. The van der Waals surface area contributed by atoms with Crippen molar-refractivity contribution in [3.05, 3.63) is 5.28 Å². The zero-order chi connectivity index (χ0) is 8.43. The molecule has 0 atom stereocenters. The molecule has 0 unspecified atom stereocenters. The van der Waals surface area contributed by atoms with Crippen molar-refractivity contribution in [2.45, 2.75) is 6.92 Å². The summed E-state index contributed by atoms with van der Waals surface area (Å²) >= 11 is 5.55. The molecule has 60 valence electrons. The molecule has 0 saturated heterocycles. The first-order chi connectivity index (χ1) is 5.11. The summed E-state index contributed by atoms with van der Waals surface area (Å²) in [7, 11) is 1.66. The Morgan fingerprint density at radius 1 is 1.64 bits per heavy atom. The standard InChI is InChI=1S/C5H7ClN4O/c1-3(11)7-5-9-8-4(6)10(5)2/h1-2H3,(H,7,9,11). The molecule has 0 aromatic carbocycles. The van der Waals surface area contributed by atoms with Gasteiger partial charge < -0.3 is 0 Å². The minimum atomic E-state index is -0.197. The summed E-state index contributed by atoms with van der Waals surface area (Å²) in [5.41, 5.74) is 0. The number of nitrogens with one attached hydrogen (secondary N) is 1. The Balaban J connectivity index is 2.87. The third-order valence-electron chi connectivity index (χ3n) is 1.11. The number of carbonyl (C=O) groups excluding carboxylic acids is 1. The normalized spacial score (nSPS) is 9.73. The Morgan fingerprint density at radius 2 is 2.27 bits per heavy atom. The summed E-state index contributed by atoms with van der Waals surface area (Å²) in [6.07, 6.45) is 0. The number of halogens is 1. The molecule has 0 bridgehead atoms. The van der Waals surface area contributed by atoms with Gasteiger partial charge in [0.1, 0.15) is 0 Å². The van der Waals surface area contributed by atoms with Gasteiger partial charge in [-0.3, -0.25) is 14.7 Å². The van der Waals surface area contributed by atoms with E-state index in [1.807, 2.05) is 0 Å². The molecule has 0 saturated carbocycles. The van der Waals surface area contributed by atoms with Crippen molar-refractivity contribution in [2.75, 3.05) is 5.32 Å². The number of nitrogens with zero attached hydrogens (tertiary/aromatic N) is 3. The van der Waals surface area contributed by atoms with Crippen molar-refractivity contribution >= 4 is 23.5 Å². The highest BCUT2D eigenvalue weighted by Gasteiger charge is 2.05. The summed E-state index contributed by atoms with van der Waals surface area (Å²) in [5.74, 6) is 0.152. The van der Waals surface area contributed by atoms with Crippen molar-refractivity contribution in [1.29, 1.82) is 0 Å². The summed E-state index contributed by atoms with van der Waals surface area (Å²) < 4.78 is 1.48. The number of aromatic nitrogens is 3. The van der Waals surface area contributed by atoms with E-state index in [9.17, 15) is 4.79 Å². The number of carbonyl (C=O) groups is 1. The number of amides is 1. The molecular formula is C5H7ClN4O. The third-order valence-corrected chi connectivity index (χ3v) is 1.44. The second-order valence-corrected chi connectivity index (χ2v) is 2.37. The van der Waals surface area contributed by atoms with Crippen LogP contribution in [-0.2, 0) is 11.8 Å². The van der Waals surface area contributed by atoms with Gasteiger partial charge in [0, 0.05) is 14.0 Å². The molecule has 1 rings (SSSR count). The summed E-state index contributed by atoms with van der Waals surface area (Å²) in [5, 5.41) is 9.84. The minimum absolute atomic E-state index is 0.197. The molecule has 11 heavy (non-hydrogen) atoms. The topological polar surface area (TPSA) is 59.8 Å². The molecule has 1 aromatic heterocycles. The average molecular weight is 175 g/mol. The Kier molecular flexibility index (Phi) is 2.09. The zero-order valence-corrected chi connectivity index (χ0v) is 6.88. The molecular weight excluding hydrogens is 168 g/mol. The lowest BCUT2D eigenvalue weighted by Gasteiger charge is -1.98. The lowest BCUT2D eigenvalue weighted by molar-refractivity contribution is -0.114. The van der Waals surface area contributed by atoms with Gasteiger partial charge in [0.15, 0.2) is 0 Å². The fourth-order valence-corrected chi connectivity index (χ4v) is 0.694. The first kappa shape index (κ1) is 8.00. The van der Waals surface area contributed by atoms with Gasteiger partial charge in [-0.2, -0.15) is 0 Å². The van der Waals surface area contributed by atoms with Crippen molar-refractivity contribution in [3.63, 3.8) is 0 Å². The molecule has 0 fully saturated rings. The molecule has 5 nitrogen and oxygen atoms in total. The maximum atomic E-state index is 10.5. The first-order valence-electron chi connectivity index (χ1n) is 2.93. The lowest BCUT2D eigenvalue weighted by Crippen LogP contribution is -2.10. The quantitative estimate of drug-likeness (QED) is 0.672. The predicted molar refractivity (Wildman–Crippen MR) is 40.3 cm³/mol. The van der Waals surface area contributed by atoms with Gasteiger partial charge >= 0.3 is 0 Å². The Hall–Kier alpha value is -1.10. The lowest BCUT2D eigenvalue weighted by atomic mass is 10.7. The molecule has 0 aliphatic heterocycles. The number of hydrogen-bond donors (Lipinski definition) is 1. The van der Waals surface area contributed by atoms with Gasteiger partial charge in [-0.25, -0.2) is 0 Å². The van der Waals surface area contributed by atoms with Crippen molar-refractivity contribution < 1.29 is 4.79 Å². The van der Waals surface area contributed by atoms with E-state index in [1.165, 1.54) is 11.5 Å². The highest BCUT2D eigenvalue weighted by atomic mass is 35.5. The van der Waals surface area contributed by atoms with Crippen LogP contribution < -0.4 is 5.32 Å². The molecule has 0 aliphatic rings. The van der Waals surface area contributed by atoms with Crippen LogP contribution >= 0.6 is 11.6 Å². The number of rotatable bonds is 1. The molecule has 1 N–H and O–H groups in total. The van der Waals surface area contributed by atoms with E-state index in [1.54, 1.807) is 7.05 Å². The van der Waals surface area contributed by atoms with E-state index in [2.05, 4.69) is 15.5 Å². The molecule has 1 heterocycles. The van der Waals surface area contributed by atoms with Crippen molar-refractivity contribution in [1.82, 2.24) is 14.8 Å². The van der Waals surface area contributed by atoms with E-state index in [0.29, 0.717) is 5.95 Å². The molecule has 0 radical (unpaired) electrons. The molecule has 1 amide bonds. The monoisotopic (exact) mass is 174 g/mol. The van der Waals surface area contributed by atoms with Gasteiger partial charge in [-0.15, -0.1) is 10.2 Å². The van der Waals surface area contributed by atoms with Crippen LogP contribution in [0.1, 0.15) is 6.92 Å². The minimum Gasteiger partial charge on any atom is -0.295 e. The van der Waals surface area contributed by atoms with Gasteiger partial charge in [-0.1, -0.05) is 0 Å². The van der Waals surface area contributed by atoms with Crippen LogP contribution in [0.3, 0.4) is 0 Å². The second-order valence-electron chi connectivity index (χ2n) is 2.03. The molecule has 0 spiro atoms. The first-order valence-corrected chi connectivity index (χ1v) is 3.31. The second kappa shape index (κ2) is 2.87.